The maximum absolute atomic E-state index is 12.5. The molecular weight excluding hydrogens is 486 g/mol. The molecule has 1 aliphatic carbocycles. The average Bonchev–Trinajstić information content (AvgIpc) is 3.55. The minimum atomic E-state index is -1.02. The van der Waals surface area contributed by atoms with Gasteiger partial charge in [-0.05, 0) is 47.9 Å². The van der Waals surface area contributed by atoms with Crippen molar-refractivity contribution in [2.45, 2.75) is 56.7 Å². The maximum Gasteiger partial charge on any atom is 0.127 e. The van der Waals surface area contributed by atoms with Crippen LogP contribution in [-0.2, 0) is 10.3 Å². The van der Waals surface area contributed by atoms with Gasteiger partial charge < -0.3 is 23.8 Å². The number of para-hydroxylation sites is 1. The molecule has 2 bridgehead atoms. The van der Waals surface area contributed by atoms with Crippen molar-refractivity contribution >= 4 is 10.8 Å². The van der Waals surface area contributed by atoms with Crippen molar-refractivity contribution in [3.63, 3.8) is 0 Å². The zero-order valence-corrected chi connectivity index (χ0v) is 23.4. The normalized spacial score (nSPS) is 26.5. The topological polar surface area (TPSA) is 47.9 Å². The SMILES string of the molecule is COc1cccc2cccc(C(O)(COC3C[N+]4(CCCOc5ccccc5)CCC3CC4)C3CCCC3)c12. The first kappa shape index (κ1) is 26.6. The number of hydrogen-bond donors (Lipinski definition) is 1. The molecule has 3 saturated heterocycles. The van der Waals surface area contributed by atoms with E-state index in [9.17, 15) is 5.11 Å². The van der Waals surface area contributed by atoms with E-state index in [0.717, 1.165) is 71.3 Å². The Bertz CT molecular complexity index is 1230. The van der Waals surface area contributed by atoms with E-state index in [1.165, 1.54) is 38.8 Å². The molecule has 0 amide bonds. The number of aliphatic hydroxyl groups is 1. The fourth-order valence-corrected chi connectivity index (χ4v) is 7.72. The molecule has 1 saturated carbocycles. The van der Waals surface area contributed by atoms with Crippen LogP contribution in [0.2, 0.25) is 0 Å². The van der Waals surface area contributed by atoms with Gasteiger partial charge in [-0.2, -0.15) is 0 Å². The van der Waals surface area contributed by atoms with Crippen LogP contribution >= 0.6 is 0 Å². The number of nitrogens with zero attached hydrogens (tertiary/aromatic N) is 1. The standard InChI is InChI=1S/C34H44NO4/c1-37-31-17-8-11-27-10-7-16-30(33(27)31)34(36,28-12-5-6-13-28)25-39-32-24-35(21-18-26(32)19-22-35)20-9-23-38-29-14-3-2-4-15-29/h2-4,7-8,10-11,14-17,26,28,32,36H,5-6,9,12-13,18-25H2,1H3/q+1. The van der Waals surface area contributed by atoms with E-state index in [4.69, 9.17) is 14.2 Å². The van der Waals surface area contributed by atoms with Gasteiger partial charge in [-0.1, -0.05) is 61.4 Å². The lowest BCUT2D eigenvalue weighted by atomic mass is 9.78. The molecule has 5 nitrogen and oxygen atoms in total. The lowest BCUT2D eigenvalue weighted by Gasteiger charge is -2.53. The van der Waals surface area contributed by atoms with Crippen LogP contribution in [0.5, 0.6) is 11.5 Å². The first-order chi connectivity index (χ1) is 19.1. The van der Waals surface area contributed by atoms with Crippen LogP contribution in [0.15, 0.2) is 66.7 Å². The van der Waals surface area contributed by atoms with Crippen LogP contribution in [0, 0.1) is 11.8 Å². The fraction of sp³-hybridized carbons (Fsp3) is 0.529. The van der Waals surface area contributed by atoms with Crippen LogP contribution in [-0.4, -0.2) is 62.2 Å². The number of hydrogen-bond acceptors (Lipinski definition) is 4. The molecule has 2 unspecified atom stereocenters. The smallest absolute Gasteiger partial charge is 0.127 e. The molecule has 0 aromatic heterocycles. The lowest BCUT2D eigenvalue weighted by molar-refractivity contribution is -0.946. The molecule has 3 aromatic carbocycles. The summed E-state index contributed by atoms with van der Waals surface area (Å²) in [5, 5.41) is 14.7. The zero-order chi connectivity index (χ0) is 26.7. The van der Waals surface area contributed by atoms with E-state index in [2.05, 4.69) is 24.3 Å². The molecule has 1 N–H and O–H groups in total. The first-order valence-electron chi connectivity index (χ1n) is 15.0. The number of fused-ring (bicyclic) bond motifs is 4. The molecule has 3 aromatic rings. The Kier molecular flexibility index (Phi) is 7.84. The third kappa shape index (κ3) is 5.41. The largest absolute Gasteiger partial charge is 0.496 e. The van der Waals surface area contributed by atoms with Gasteiger partial charge in [-0.15, -0.1) is 0 Å². The highest BCUT2D eigenvalue weighted by Crippen LogP contribution is 2.46. The van der Waals surface area contributed by atoms with E-state index in [0.29, 0.717) is 12.5 Å². The lowest BCUT2D eigenvalue weighted by Crippen LogP contribution is -2.65. The Balaban J connectivity index is 1.17. The van der Waals surface area contributed by atoms with Gasteiger partial charge in [0.1, 0.15) is 29.7 Å². The molecule has 39 heavy (non-hydrogen) atoms. The van der Waals surface area contributed by atoms with E-state index in [-0.39, 0.29) is 12.0 Å². The summed E-state index contributed by atoms with van der Waals surface area (Å²) >= 11 is 0. The first-order valence-corrected chi connectivity index (χ1v) is 15.0. The number of piperidine rings is 3. The predicted molar refractivity (Wildman–Crippen MR) is 155 cm³/mol. The predicted octanol–water partition coefficient (Wildman–Crippen LogP) is 6.32. The summed E-state index contributed by atoms with van der Waals surface area (Å²) in [6.45, 7) is 5.77. The van der Waals surface area contributed by atoms with E-state index in [1.807, 2.05) is 42.5 Å². The van der Waals surface area contributed by atoms with Gasteiger partial charge in [0.05, 0.1) is 40.0 Å². The quantitative estimate of drug-likeness (QED) is 0.233. The van der Waals surface area contributed by atoms with Crippen LogP contribution < -0.4 is 9.47 Å². The third-order valence-corrected chi connectivity index (χ3v) is 9.93. The Labute approximate surface area is 233 Å². The molecule has 3 heterocycles. The summed E-state index contributed by atoms with van der Waals surface area (Å²) in [5.41, 5.74) is -0.0574. The average molecular weight is 531 g/mol. The zero-order valence-electron chi connectivity index (χ0n) is 23.4. The molecule has 208 valence electrons. The summed E-state index contributed by atoms with van der Waals surface area (Å²) in [5.74, 6) is 2.57. The van der Waals surface area contributed by atoms with Crippen molar-refractivity contribution in [1.82, 2.24) is 0 Å². The van der Waals surface area contributed by atoms with Crippen LogP contribution in [0.4, 0.5) is 0 Å². The Hall–Kier alpha value is -2.60. The Morgan fingerprint density at radius 1 is 0.897 bits per heavy atom. The van der Waals surface area contributed by atoms with E-state index in [1.54, 1.807) is 7.11 Å². The van der Waals surface area contributed by atoms with Crippen molar-refractivity contribution in [1.29, 1.82) is 0 Å². The van der Waals surface area contributed by atoms with Gasteiger partial charge in [-0.3, -0.25) is 0 Å². The number of quaternary nitrogens is 1. The number of ether oxygens (including phenoxy) is 3. The van der Waals surface area contributed by atoms with Gasteiger partial charge in [-0.25, -0.2) is 0 Å². The van der Waals surface area contributed by atoms with Crippen LogP contribution in [0.3, 0.4) is 0 Å². The van der Waals surface area contributed by atoms with Crippen molar-refractivity contribution in [2.24, 2.45) is 11.8 Å². The maximum atomic E-state index is 12.5. The molecule has 0 spiro atoms. The van der Waals surface area contributed by atoms with E-state index < -0.39 is 5.60 Å². The second-order valence-electron chi connectivity index (χ2n) is 12.2. The highest BCUT2D eigenvalue weighted by molar-refractivity contribution is 5.92. The molecule has 4 aliphatic rings. The second-order valence-corrected chi connectivity index (χ2v) is 12.2. The van der Waals surface area contributed by atoms with Gasteiger partial charge >= 0.3 is 0 Å². The van der Waals surface area contributed by atoms with Crippen LogP contribution in [0.25, 0.3) is 10.8 Å². The fourth-order valence-electron chi connectivity index (χ4n) is 7.72. The number of benzene rings is 3. The molecular formula is C34H44NO4+. The summed E-state index contributed by atoms with van der Waals surface area (Å²) < 4.78 is 19.7. The second kappa shape index (κ2) is 11.5. The Morgan fingerprint density at radius 2 is 1.64 bits per heavy atom. The van der Waals surface area contributed by atoms with Gasteiger partial charge in [0.15, 0.2) is 0 Å². The molecule has 4 fully saturated rings. The molecule has 2 atom stereocenters. The van der Waals surface area contributed by atoms with Crippen molar-refractivity contribution < 1.29 is 23.8 Å². The minimum absolute atomic E-state index is 0.201. The number of rotatable bonds is 11. The highest BCUT2D eigenvalue weighted by Gasteiger charge is 2.48. The van der Waals surface area contributed by atoms with Gasteiger partial charge in [0, 0.05) is 30.6 Å². The summed E-state index contributed by atoms with van der Waals surface area (Å²) in [6.07, 6.45) is 8.11. The molecule has 0 radical (unpaired) electrons. The van der Waals surface area contributed by atoms with Gasteiger partial charge in [0.25, 0.3) is 0 Å². The van der Waals surface area contributed by atoms with Crippen molar-refractivity contribution in [2.75, 3.05) is 46.5 Å². The van der Waals surface area contributed by atoms with Crippen molar-refractivity contribution in [3.05, 3.63) is 72.3 Å². The van der Waals surface area contributed by atoms with Crippen molar-refractivity contribution in [3.8, 4) is 11.5 Å². The summed E-state index contributed by atoms with van der Waals surface area (Å²) in [4.78, 5) is 0. The van der Waals surface area contributed by atoms with Gasteiger partial charge in [0.2, 0.25) is 0 Å². The van der Waals surface area contributed by atoms with E-state index >= 15 is 0 Å². The monoisotopic (exact) mass is 530 g/mol. The number of methoxy groups -OCH3 is 1. The minimum Gasteiger partial charge on any atom is -0.496 e. The summed E-state index contributed by atoms with van der Waals surface area (Å²) in [6, 6.07) is 22.5. The summed E-state index contributed by atoms with van der Waals surface area (Å²) in [7, 11) is 1.72. The Morgan fingerprint density at radius 3 is 2.38 bits per heavy atom. The third-order valence-electron chi connectivity index (χ3n) is 9.93. The molecule has 3 aliphatic heterocycles. The molecule has 7 rings (SSSR count). The highest BCUT2D eigenvalue weighted by atomic mass is 16.5. The molecule has 5 heteroatoms. The van der Waals surface area contributed by atoms with Crippen LogP contribution in [0.1, 0.15) is 50.5 Å².